The molecule has 1 aromatic rings. The smallest absolute Gasteiger partial charge is 0.0596 e. The summed E-state index contributed by atoms with van der Waals surface area (Å²) < 4.78 is 1.99. The summed E-state index contributed by atoms with van der Waals surface area (Å²) in [7, 11) is 2.02. The van der Waals surface area contributed by atoms with Crippen LogP contribution < -0.4 is 5.32 Å². The molecule has 1 heterocycles. The van der Waals surface area contributed by atoms with Crippen LogP contribution in [0.2, 0.25) is 0 Å². The summed E-state index contributed by atoms with van der Waals surface area (Å²) in [6, 6.07) is 2.18. The minimum absolute atomic E-state index is 0.673. The summed E-state index contributed by atoms with van der Waals surface area (Å²) in [6.45, 7) is 8.74. The Kier molecular flexibility index (Phi) is 4.82. The van der Waals surface area contributed by atoms with Crippen LogP contribution in [0.1, 0.15) is 31.7 Å². The van der Waals surface area contributed by atoms with Crippen molar-refractivity contribution in [1.29, 1.82) is 0 Å². The first kappa shape index (κ1) is 12.2. The van der Waals surface area contributed by atoms with E-state index >= 15 is 0 Å². The third-order valence-corrected chi connectivity index (χ3v) is 2.58. The number of rotatable bonds is 6. The molecule has 0 aliphatic heterocycles. The number of aromatic nitrogens is 2. The number of hydrogen-bond acceptors (Lipinski definition) is 2. The lowest BCUT2D eigenvalue weighted by Gasteiger charge is -2.12. The van der Waals surface area contributed by atoms with E-state index in [2.05, 4.69) is 30.3 Å². The lowest BCUT2D eigenvalue weighted by molar-refractivity contribution is 0.495. The highest BCUT2D eigenvalue weighted by molar-refractivity contribution is 5.09. The molecule has 0 bridgehead atoms. The number of nitrogens with one attached hydrogen (secondary N) is 1. The maximum Gasteiger partial charge on any atom is 0.0596 e. The average molecular weight is 209 g/mol. The van der Waals surface area contributed by atoms with Gasteiger partial charge in [-0.25, -0.2) is 0 Å². The number of nitrogens with zero attached hydrogens (tertiary/aromatic N) is 2. The van der Waals surface area contributed by atoms with Gasteiger partial charge in [-0.3, -0.25) is 4.68 Å². The van der Waals surface area contributed by atoms with Crippen molar-refractivity contribution in [1.82, 2.24) is 15.1 Å². The molecule has 0 saturated heterocycles. The standard InChI is InChI=1S/C12H23N3/c1-5-6-13-9-10(2)7-12-8-11(3)14-15(12)4/h8,10,13H,5-7,9H2,1-4H3. The van der Waals surface area contributed by atoms with Crippen molar-refractivity contribution in [3.63, 3.8) is 0 Å². The van der Waals surface area contributed by atoms with E-state index in [-0.39, 0.29) is 0 Å². The first-order chi connectivity index (χ1) is 7.13. The molecule has 0 saturated carbocycles. The molecule has 0 radical (unpaired) electrons. The zero-order chi connectivity index (χ0) is 11.3. The van der Waals surface area contributed by atoms with Crippen LogP contribution in [0.4, 0.5) is 0 Å². The minimum Gasteiger partial charge on any atom is -0.316 e. The molecular formula is C12H23N3. The Bertz CT molecular complexity index is 291. The van der Waals surface area contributed by atoms with Gasteiger partial charge in [-0.2, -0.15) is 5.10 Å². The molecule has 3 heteroatoms. The van der Waals surface area contributed by atoms with E-state index in [4.69, 9.17) is 0 Å². The van der Waals surface area contributed by atoms with Crippen LogP contribution in [-0.2, 0) is 13.5 Å². The Balaban J connectivity index is 2.37. The number of hydrogen-bond donors (Lipinski definition) is 1. The molecule has 1 rings (SSSR count). The molecule has 0 spiro atoms. The molecule has 3 nitrogen and oxygen atoms in total. The van der Waals surface area contributed by atoms with Gasteiger partial charge in [-0.1, -0.05) is 13.8 Å². The molecular weight excluding hydrogens is 186 g/mol. The van der Waals surface area contributed by atoms with E-state index in [0.29, 0.717) is 5.92 Å². The fraction of sp³-hybridized carbons (Fsp3) is 0.750. The summed E-state index contributed by atoms with van der Waals surface area (Å²) in [4.78, 5) is 0. The van der Waals surface area contributed by atoms with E-state index in [1.54, 1.807) is 0 Å². The summed E-state index contributed by atoms with van der Waals surface area (Å²) >= 11 is 0. The summed E-state index contributed by atoms with van der Waals surface area (Å²) in [5.41, 5.74) is 2.44. The zero-order valence-electron chi connectivity index (χ0n) is 10.4. The molecule has 1 unspecified atom stereocenters. The van der Waals surface area contributed by atoms with Crippen LogP contribution in [0.25, 0.3) is 0 Å². The Labute approximate surface area is 92.9 Å². The summed E-state index contributed by atoms with van der Waals surface area (Å²) in [5, 5.41) is 7.81. The van der Waals surface area contributed by atoms with E-state index < -0.39 is 0 Å². The van der Waals surface area contributed by atoms with Crippen LogP contribution in [0.15, 0.2) is 6.07 Å². The fourth-order valence-electron chi connectivity index (χ4n) is 1.81. The Morgan fingerprint density at radius 3 is 2.80 bits per heavy atom. The van der Waals surface area contributed by atoms with Crippen LogP contribution >= 0.6 is 0 Å². The fourth-order valence-corrected chi connectivity index (χ4v) is 1.81. The highest BCUT2D eigenvalue weighted by Crippen LogP contribution is 2.08. The van der Waals surface area contributed by atoms with Gasteiger partial charge in [0.25, 0.3) is 0 Å². The monoisotopic (exact) mass is 209 g/mol. The molecule has 0 amide bonds. The Morgan fingerprint density at radius 2 is 2.27 bits per heavy atom. The topological polar surface area (TPSA) is 29.9 Å². The summed E-state index contributed by atoms with van der Waals surface area (Å²) in [5.74, 6) is 0.673. The van der Waals surface area contributed by atoms with Gasteiger partial charge in [0.15, 0.2) is 0 Å². The molecule has 15 heavy (non-hydrogen) atoms. The van der Waals surface area contributed by atoms with Crippen molar-refractivity contribution >= 4 is 0 Å². The lowest BCUT2D eigenvalue weighted by Crippen LogP contribution is -2.23. The second-order valence-electron chi connectivity index (χ2n) is 4.41. The van der Waals surface area contributed by atoms with E-state index in [1.807, 2.05) is 18.7 Å². The van der Waals surface area contributed by atoms with Gasteiger partial charge in [-0.15, -0.1) is 0 Å². The predicted octanol–water partition coefficient (Wildman–Crippen LogP) is 1.91. The highest BCUT2D eigenvalue weighted by atomic mass is 15.3. The first-order valence-electron chi connectivity index (χ1n) is 5.83. The maximum absolute atomic E-state index is 4.36. The molecule has 0 aliphatic carbocycles. The van der Waals surface area contributed by atoms with Gasteiger partial charge in [0.2, 0.25) is 0 Å². The van der Waals surface area contributed by atoms with Gasteiger partial charge >= 0.3 is 0 Å². The van der Waals surface area contributed by atoms with E-state index in [1.165, 1.54) is 12.1 Å². The van der Waals surface area contributed by atoms with Crippen molar-refractivity contribution in [3.8, 4) is 0 Å². The maximum atomic E-state index is 4.36. The van der Waals surface area contributed by atoms with E-state index in [0.717, 1.165) is 25.2 Å². The molecule has 0 aliphatic rings. The SMILES string of the molecule is CCCNCC(C)Cc1cc(C)nn1C. The van der Waals surface area contributed by atoms with Crippen molar-refractivity contribution in [2.24, 2.45) is 13.0 Å². The third-order valence-electron chi connectivity index (χ3n) is 2.58. The molecule has 0 fully saturated rings. The molecule has 86 valence electrons. The van der Waals surface area contributed by atoms with Crippen molar-refractivity contribution in [2.75, 3.05) is 13.1 Å². The van der Waals surface area contributed by atoms with Crippen molar-refractivity contribution in [3.05, 3.63) is 17.5 Å². The van der Waals surface area contributed by atoms with Gasteiger partial charge < -0.3 is 5.32 Å². The van der Waals surface area contributed by atoms with Gasteiger partial charge in [0.1, 0.15) is 0 Å². The zero-order valence-corrected chi connectivity index (χ0v) is 10.4. The first-order valence-corrected chi connectivity index (χ1v) is 5.83. The lowest BCUT2D eigenvalue weighted by atomic mass is 10.1. The molecule has 1 aromatic heterocycles. The molecule has 1 N–H and O–H groups in total. The quantitative estimate of drug-likeness (QED) is 0.725. The van der Waals surface area contributed by atoms with Crippen LogP contribution in [0.3, 0.4) is 0 Å². The van der Waals surface area contributed by atoms with Crippen molar-refractivity contribution < 1.29 is 0 Å². The third kappa shape index (κ3) is 4.04. The van der Waals surface area contributed by atoms with Gasteiger partial charge in [0.05, 0.1) is 5.69 Å². The van der Waals surface area contributed by atoms with Crippen molar-refractivity contribution in [2.45, 2.75) is 33.6 Å². The second-order valence-corrected chi connectivity index (χ2v) is 4.41. The predicted molar refractivity (Wildman–Crippen MR) is 64.0 cm³/mol. The van der Waals surface area contributed by atoms with Crippen LogP contribution in [-0.4, -0.2) is 22.9 Å². The number of aryl methyl sites for hydroxylation is 2. The van der Waals surface area contributed by atoms with Crippen LogP contribution in [0.5, 0.6) is 0 Å². The highest BCUT2D eigenvalue weighted by Gasteiger charge is 2.07. The van der Waals surface area contributed by atoms with Gasteiger partial charge in [0, 0.05) is 12.7 Å². The van der Waals surface area contributed by atoms with E-state index in [9.17, 15) is 0 Å². The summed E-state index contributed by atoms with van der Waals surface area (Å²) in [6.07, 6.45) is 2.31. The average Bonchev–Trinajstić information content (AvgIpc) is 2.45. The molecule has 0 aromatic carbocycles. The second kappa shape index (κ2) is 5.91. The molecule has 1 atom stereocenters. The van der Waals surface area contributed by atoms with Crippen LogP contribution in [0, 0.1) is 12.8 Å². The Morgan fingerprint density at radius 1 is 1.53 bits per heavy atom. The normalized spacial score (nSPS) is 13.1. The Hall–Kier alpha value is -0.830. The minimum atomic E-state index is 0.673. The largest absolute Gasteiger partial charge is 0.316 e. The van der Waals surface area contributed by atoms with Gasteiger partial charge in [-0.05, 0) is 44.8 Å².